The predicted molar refractivity (Wildman–Crippen MR) is 99.6 cm³/mol. The summed E-state index contributed by atoms with van der Waals surface area (Å²) in [6.07, 6.45) is 2.68. The number of nitrogens with one attached hydrogen (secondary N) is 1. The van der Waals surface area contributed by atoms with Crippen molar-refractivity contribution in [2.45, 2.75) is 32.6 Å². The van der Waals surface area contributed by atoms with Gasteiger partial charge in [-0.15, -0.1) is 11.3 Å². The number of amides is 2. The number of thiazole rings is 1. The summed E-state index contributed by atoms with van der Waals surface area (Å²) < 4.78 is 0. The van der Waals surface area contributed by atoms with E-state index in [2.05, 4.69) is 17.2 Å². The number of aromatic nitrogens is 1. The van der Waals surface area contributed by atoms with E-state index in [0.29, 0.717) is 32.4 Å². The van der Waals surface area contributed by atoms with Gasteiger partial charge in [-0.2, -0.15) is 0 Å². The van der Waals surface area contributed by atoms with Gasteiger partial charge in [0.05, 0.1) is 17.1 Å². The molecule has 132 valence electrons. The minimum absolute atomic E-state index is 0.0322. The van der Waals surface area contributed by atoms with E-state index in [4.69, 9.17) is 0 Å². The van der Waals surface area contributed by atoms with Crippen molar-refractivity contribution in [3.63, 3.8) is 0 Å². The molecule has 0 atom stereocenters. The van der Waals surface area contributed by atoms with E-state index < -0.39 is 0 Å². The van der Waals surface area contributed by atoms with Crippen LogP contribution in [0.1, 0.15) is 30.5 Å². The number of anilines is 1. The van der Waals surface area contributed by atoms with E-state index in [1.54, 1.807) is 11.3 Å². The Bertz CT molecular complexity index is 721. The third kappa shape index (κ3) is 4.66. The average Bonchev–Trinajstić information content (AvgIpc) is 3.10. The number of hydrogen-bond donors (Lipinski definition) is 1. The molecular formula is C19H23N3O2S. The second kappa shape index (κ2) is 8.25. The summed E-state index contributed by atoms with van der Waals surface area (Å²) >= 11 is 1.61. The first-order valence-corrected chi connectivity index (χ1v) is 9.60. The molecule has 0 radical (unpaired) electrons. The van der Waals surface area contributed by atoms with Gasteiger partial charge in [-0.05, 0) is 31.4 Å². The lowest BCUT2D eigenvalue weighted by Gasteiger charge is -2.31. The van der Waals surface area contributed by atoms with E-state index in [9.17, 15) is 9.59 Å². The van der Waals surface area contributed by atoms with Gasteiger partial charge >= 0.3 is 0 Å². The summed E-state index contributed by atoms with van der Waals surface area (Å²) in [4.78, 5) is 31.1. The maximum absolute atomic E-state index is 12.4. The maximum atomic E-state index is 12.4. The molecule has 2 aromatic rings. The lowest BCUT2D eigenvalue weighted by atomic mass is 9.95. The van der Waals surface area contributed by atoms with Crippen LogP contribution in [0.15, 0.2) is 35.7 Å². The van der Waals surface area contributed by atoms with Crippen molar-refractivity contribution >= 4 is 28.8 Å². The molecule has 2 amide bonds. The highest BCUT2D eigenvalue weighted by Gasteiger charge is 2.27. The first-order valence-electron chi connectivity index (χ1n) is 8.72. The van der Waals surface area contributed by atoms with Crippen molar-refractivity contribution in [1.29, 1.82) is 0 Å². The van der Waals surface area contributed by atoms with Crippen LogP contribution in [-0.2, 0) is 22.4 Å². The molecule has 1 aliphatic heterocycles. The normalized spacial score (nSPS) is 15.2. The zero-order valence-corrected chi connectivity index (χ0v) is 15.2. The molecule has 0 aliphatic carbocycles. The van der Waals surface area contributed by atoms with Crippen molar-refractivity contribution in [2.24, 2.45) is 5.92 Å². The molecule has 0 bridgehead atoms. The first kappa shape index (κ1) is 17.6. The van der Waals surface area contributed by atoms with Gasteiger partial charge in [0.1, 0.15) is 0 Å². The van der Waals surface area contributed by atoms with Crippen LogP contribution in [0.3, 0.4) is 0 Å². The van der Waals surface area contributed by atoms with E-state index in [0.717, 1.165) is 22.8 Å². The van der Waals surface area contributed by atoms with Crippen LogP contribution < -0.4 is 5.32 Å². The number of likely N-dealkylation sites (tertiary alicyclic amines) is 1. The Kier molecular flexibility index (Phi) is 5.81. The molecule has 0 spiro atoms. The zero-order valence-electron chi connectivity index (χ0n) is 14.4. The molecule has 2 heterocycles. The Balaban J connectivity index is 1.47. The molecule has 1 aromatic carbocycles. The van der Waals surface area contributed by atoms with Crippen LogP contribution in [0.5, 0.6) is 0 Å². The first-order chi connectivity index (χ1) is 12.2. The van der Waals surface area contributed by atoms with Gasteiger partial charge in [-0.1, -0.05) is 25.1 Å². The number of piperidine rings is 1. The van der Waals surface area contributed by atoms with E-state index in [1.165, 1.54) is 0 Å². The second-order valence-corrected chi connectivity index (χ2v) is 7.22. The predicted octanol–water partition coefficient (Wildman–Crippen LogP) is 3.13. The van der Waals surface area contributed by atoms with Gasteiger partial charge in [0.25, 0.3) is 0 Å². The number of rotatable bonds is 5. The average molecular weight is 357 g/mol. The Morgan fingerprint density at radius 3 is 2.60 bits per heavy atom. The highest BCUT2D eigenvalue weighted by atomic mass is 32.1. The lowest BCUT2D eigenvalue weighted by molar-refractivity contribution is -0.133. The van der Waals surface area contributed by atoms with Gasteiger partial charge in [-0.3, -0.25) is 9.59 Å². The van der Waals surface area contributed by atoms with Crippen molar-refractivity contribution in [3.8, 4) is 0 Å². The SMILES string of the molecule is CCc1nc(CC(=O)N2CCC(C(=O)Nc3ccccc3)CC2)cs1. The fraction of sp³-hybridized carbons (Fsp3) is 0.421. The van der Waals surface area contributed by atoms with Crippen LogP contribution in [0.2, 0.25) is 0 Å². The maximum Gasteiger partial charge on any atom is 0.228 e. The molecule has 5 nitrogen and oxygen atoms in total. The second-order valence-electron chi connectivity index (χ2n) is 6.27. The fourth-order valence-corrected chi connectivity index (χ4v) is 3.76. The highest BCUT2D eigenvalue weighted by Crippen LogP contribution is 2.20. The van der Waals surface area contributed by atoms with Gasteiger partial charge in [0.15, 0.2) is 0 Å². The third-order valence-corrected chi connectivity index (χ3v) is 5.54. The molecule has 3 rings (SSSR count). The fourth-order valence-electron chi connectivity index (χ4n) is 3.02. The minimum atomic E-state index is -0.0322. The molecule has 6 heteroatoms. The summed E-state index contributed by atoms with van der Waals surface area (Å²) in [5.74, 6) is 0.121. The minimum Gasteiger partial charge on any atom is -0.342 e. The van der Waals surface area contributed by atoms with E-state index in [1.807, 2.05) is 40.6 Å². The van der Waals surface area contributed by atoms with Crippen molar-refractivity contribution < 1.29 is 9.59 Å². The highest BCUT2D eigenvalue weighted by molar-refractivity contribution is 7.09. The monoisotopic (exact) mass is 357 g/mol. The zero-order chi connectivity index (χ0) is 17.6. The van der Waals surface area contributed by atoms with Crippen LogP contribution in [0.25, 0.3) is 0 Å². The molecule has 1 saturated heterocycles. The largest absolute Gasteiger partial charge is 0.342 e. The van der Waals surface area contributed by atoms with Crippen molar-refractivity contribution in [1.82, 2.24) is 9.88 Å². The van der Waals surface area contributed by atoms with Gasteiger partial charge in [0, 0.05) is 30.1 Å². The molecule has 0 saturated carbocycles. The number of aryl methyl sites for hydroxylation is 1. The van der Waals surface area contributed by atoms with Crippen molar-refractivity contribution in [3.05, 3.63) is 46.4 Å². The Hall–Kier alpha value is -2.21. The van der Waals surface area contributed by atoms with Crippen LogP contribution in [0.4, 0.5) is 5.69 Å². The van der Waals surface area contributed by atoms with Gasteiger partial charge in [-0.25, -0.2) is 4.98 Å². The third-order valence-electron chi connectivity index (χ3n) is 4.49. The molecule has 0 unspecified atom stereocenters. The summed E-state index contributed by atoms with van der Waals surface area (Å²) in [6.45, 7) is 3.34. The summed E-state index contributed by atoms with van der Waals surface area (Å²) in [5.41, 5.74) is 1.68. The molecule has 1 N–H and O–H groups in total. The number of hydrogen-bond acceptors (Lipinski definition) is 4. The smallest absolute Gasteiger partial charge is 0.228 e. The quantitative estimate of drug-likeness (QED) is 0.894. The van der Waals surface area contributed by atoms with Crippen LogP contribution in [0, 0.1) is 5.92 Å². The Morgan fingerprint density at radius 1 is 1.24 bits per heavy atom. The Morgan fingerprint density at radius 2 is 1.96 bits per heavy atom. The molecule has 1 aliphatic rings. The topological polar surface area (TPSA) is 62.3 Å². The number of benzene rings is 1. The van der Waals surface area contributed by atoms with Gasteiger partial charge in [0.2, 0.25) is 11.8 Å². The molecule has 25 heavy (non-hydrogen) atoms. The summed E-state index contributed by atoms with van der Waals surface area (Å²) in [7, 11) is 0. The van der Waals surface area contributed by atoms with Crippen molar-refractivity contribution in [2.75, 3.05) is 18.4 Å². The standard InChI is InChI=1S/C19H23N3O2S/c1-2-17-20-16(13-25-17)12-18(23)22-10-8-14(9-11-22)19(24)21-15-6-4-3-5-7-15/h3-7,13-14H,2,8-12H2,1H3,(H,21,24). The summed E-state index contributed by atoms with van der Waals surface area (Å²) in [5, 5.41) is 5.99. The van der Waals surface area contributed by atoms with Gasteiger partial charge < -0.3 is 10.2 Å². The number of carbonyl (C=O) groups excluding carboxylic acids is 2. The molecule has 1 aromatic heterocycles. The number of para-hydroxylation sites is 1. The molecular weight excluding hydrogens is 334 g/mol. The summed E-state index contributed by atoms with van der Waals surface area (Å²) in [6, 6.07) is 9.49. The van der Waals surface area contributed by atoms with E-state index in [-0.39, 0.29) is 17.7 Å². The van der Waals surface area contributed by atoms with Crippen LogP contribution >= 0.6 is 11.3 Å². The molecule has 1 fully saturated rings. The Labute approximate surface area is 152 Å². The van der Waals surface area contributed by atoms with E-state index >= 15 is 0 Å². The lowest BCUT2D eigenvalue weighted by Crippen LogP contribution is -2.42. The number of nitrogens with zero attached hydrogens (tertiary/aromatic N) is 2. The number of carbonyl (C=O) groups is 2. The van der Waals surface area contributed by atoms with Crippen LogP contribution in [-0.4, -0.2) is 34.8 Å².